The van der Waals surface area contributed by atoms with E-state index in [1.165, 1.54) is 70.6 Å². The quantitative estimate of drug-likeness (QED) is 0.0335. The summed E-state index contributed by atoms with van der Waals surface area (Å²) >= 11 is 0. The van der Waals surface area contributed by atoms with Crippen molar-refractivity contribution in [2.45, 2.75) is 287 Å². The maximum absolute atomic E-state index is 14.0. The second-order valence-corrected chi connectivity index (χ2v) is 24.4. The van der Waals surface area contributed by atoms with E-state index in [1.54, 1.807) is 0 Å². The number of unbranched alkanes of at least 4 members (excludes halogenated alkanes) is 11. The summed E-state index contributed by atoms with van der Waals surface area (Å²) in [6.07, 6.45) is 35.8. The molecule has 0 N–H and O–H groups in total. The predicted molar refractivity (Wildman–Crippen MR) is 292 cm³/mol. The number of ether oxygens (including phenoxy) is 4. The van der Waals surface area contributed by atoms with E-state index in [4.69, 9.17) is 18.9 Å². The van der Waals surface area contributed by atoms with Crippen LogP contribution in [0.4, 0.5) is 0 Å². The summed E-state index contributed by atoms with van der Waals surface area (Å²) in [6, 6.07) is 0. The van der Waals surface area contributed by atoms with E-state index in [-0.39, 0.29) is 30.5 Å². The van der Waals surface area contributed by atoms with Crippen molar-refractivity contribution >= 4 is 23.9 Å². The number of rotatable bonds is 45. The standard InChI is InChI=1S/C62H113NO8/c1-9-17-23-33-53(34-24-18-10-2)40-57(66)70-50-61-43-59(48-68-55(64)37-28-27-32-52(30-21-13-5)31-22-14-6)42-60(45-61,49-69-56(65)38-29-39-63(15-7)16-8)46-62(44-59,47-61)51-71-58(67)41-54(35-25-19-11-3)36-26-20-12-4/h52-54H,9-51H2,1-8H3. The van der Waals surface area contributed by atoms with Gasteiger partial charge in [-0.25, -0.2) is 0 Å². The van der Waals surface area contributed by atoms with Crippen LogP contribution in [0.15, 0.2) is 0 Å². The Morgan fingerprint density at radius 1 is 0.352 bits per heavy atom. The van der Waals surface area contributed by atoms with Crippen LogP contribution < -0.4 is 0 Å². The third-order valence-corrected chi connectivity index (χ3v) is 17.4. The molecule has 0 saturated heterocycles. The minimum absolute atomic E-state index is 0.114. The fourth-order valence-corrected chi connectivity index (χ4v) is 14.3. The first-order valence-electron chi connectivity index (χ1n) is 30.6. The Labute approximate surface area is 437 Å². The molecule has 0 aromatic rings. The van der Waals surface area contributed by atoms with E-state index in [0.29, 0.717) is 57.3 Å². The largest absolute Gasteiger partial charge is 0.465 e. The number of carbonyl (C=O) groups is 4. The molecule has 0 heterocycles. The van der Waals surface area contributed by atoms with Gasteiger partial charge in [0.1, 0.15) is 0 Å². The molecule has 4 aliphatic rings. The van der Waals surface area contributed by atoms with Crippen LogP contribution in [-0.4, -0.2) is 74.8 Å². The molecule has 71 heavy (non-hydrogen) atoms. The van der Waals surface area contributed by atoms with Gasteiger partial charge < -0.3 is 23.8 Å². The molecular formula is C62H113NO8. The first-order chi connectivity index (χ1) is 34.3. The van der Waals surface area contributed by atoms with Crippen LogP contribution >= 0.6 is 0 Å². The van der Waals surface area contributed by atoms with Gasteiger partial charge in [-0.05, 0) is 114 Å². The summed E-state index contributed by atoms with van der Waals surface area (Å²) in [5.41, 5.74) is -1.64. The summed E-state index contributed by atoms with van der Waals surface area (Å²) in [5, 5.41) is 0. The molecule has 0 aromatic heterocycles. The summed E-state index contributed by atoms with van der Waals surface area (Å²) in [7, 11) is 0. The Bertz CT molecular complexity index is 1370. The maximum Gasteiger partial charge on any atom is 0.306 e. The van der Waals surface area contributed by atoms with Crippen molar-refractivity contribution in [1.82, 2.24) is 4.90 Å². The Kier molecular flexibility index (Phi) is 31.3. The van der Waals surface area contributed by atoms with Crippen LogP contribution in [0.3, 0.4) is 0 Å². The van der Waals surface area contributed by atoms with Crippen LogP contribution in [0.2, 0.25) is 0 Å². The van der Waals surface area contributed by atoms with E-state index in [9.17, 15) is 19.2 Å². The molecule has 4 rings (SSSR count). The van der Waals surface area contributed by atoms with Crippen molar-refractivity contribution < 1.29 is 38.1 Å². The lowest BCUT2D eigenvalue weighted by atomic mass is 9.36. The fraction of sp³-hybridized carbons (Fsp3) is 0.935. The van der Waals surface area contributed by atoms with Gasteiger partial charge in [0.15, 0.2) is 0 Å². The highest BCUT2D eigenvalue weighted by Crippen LogP contribution is 2.74. The minimum Gasteiger partial charge on any atom is -0.465 e. The second-order valence-electron chi connectivity index (χ2n) is 24.4. The molecule has 9 nitrogen and oxygen atoms in total. The zero-order chi connectivity index (χ0) is 51.9. The molecule has 4 aliphatic carbocycles. The Balaban J connectivity index is 1.92. The lowest BCUT2D eigenvalue weighted by Gasteiger charge is -2.69. The average Bonchev–Trinajstić information content (AvgIpc) is 3.34. The van der Waals surface area contributed by atoms with E-state index < -0.39 is 21.7 Å². The monoisotopic (exact) mass is 1000 g/mol. The van der Waals surface area contributed by atoms with E-state index in [2.05, 4.69) is 60.3 Å². The van der Waals surface area contributed by atoms with Crippen LogP contribution in [0.5, 0.6) is 0 Å². The van der Waals surface area contributed by atoms with E-state index in [0.717, 1.165) is 160 Å². The van der Waals surface area contributed by atoms with Gasteiger partial charge in [-0.1, -0.05) is 184 Å². The minimum atomic E-state index is -0.411. The van der Waals surface area contributed by atoms with Gasteiger partial charge in [-0.15, -0.1) is 0 Å². The fourth-order valence-electron chi connectivity index (χ4n) is 14.3. The summed E-state index contributed by atoms with van der Waals surface area (Å²) in [6.45, 7) is 21.7. The molecule has 0 amide bonds. The van der Waals surface area contributed by atoms with Gasteiger partial charge in [-0.2, -0.15) is 0 Å². The number of hydrogen-bond acceptors (Lipinski definition) is 9. The predicted octanol–water partition coefficient (Wildman–Crippen LogP) is 16.5. The van der Waals surface area contributed by atoms with Crippen molar-refractivity contribution in [3.8, 4) is 0 Å². The molecule has 0 aliphatic heterocycles. The number of carbonyl (C=O) groups excluding carboxylic acids is 4. The SMILES string of the molecule is CCCCCC(CCCCC)CC(=O)OCC12CC3(COC(=O)CCCCC(CCCC)CCCC)CC(COC(=O)CCCN(CC)CC)(C1)CC(COC(=O)CC(CCCCC)CCCCC)(C3)C2. The lowest BCUT2D eigenvalue weighted by Crippen LogP contribution is -2.65. The molecule has 2 unspecified atom stereocenters. The van der Waals surface area contributed by atoms with E-state index >= 15 is 0 Å². The van der Waals surface area contributed by atoms with Crippen molar-refractivity contribution in [3.05, 3.63) is 0 Å². The summed E-state index contributed by atoms with van der Waals surface area (Å²) < 4.78 is 25.7. The number of esters is 4. The van der Waals surface area contributed by atoms with Crippen LogP contribution in [0.25, 0.3) is 0 Å². The molecule has 414 valence electrons. The topological polar surface area (TPSA) is 108 Å². The van der Waals surface area contributed by atoms with Crippen molar-refractivity contribution in [3.63, 3.8) is 0 Å². The molecule has 4 saturated carbocycles. The Morgan fingerprint density at radius 2 is 0.634 bits per heavy atom. The summed E-state index contributed by atoms with van der Waals surface area (Å²) in [5.74, 6) is 0.856. The average molecular weight is 1000 g/mol. The van der Waals surface area contributed by atoms with Crippen LogP contribution in [0, 0.1) is 39.4 Å². The molecule has 0 aromatic carbocycles. The van der Waals surface area contributed by atoms with Gasteiger partial charge in [-0.3, -0.25) is 19.2 Å². The molecule has 9 heteroatoms. The summed E-state index contributed by atoms with van der Waals surface area (Å²) in [4.78, 5) is 57.7. The lowest BCUT2D eigenvalue weighted by molar-refractivity contribution is -0.249. The van der Waals surface area contributed by atoms with Crippen molar-refractivity contribution in [2.24, 2.45) is 39.4 Å². The number of nitrogens with zero attached hydrogens (tertiary/aromatic N) is 1. The van der Waals surface area contributed by atoms with Gasteiger partial charge in [0.25, 0.3) is 0 Å². The van der Waals surface area contributed by atoms with Crippen molar-refractivity contribution in [1.29, 1.82) is 0 Å². The Morgan fingerprint density at radius 3 is 0.958 bits per heavy atom. The highest BCUT2D eigenvalue weighted by atomic mass is 16.5. The highest BCUT2D eigenvalue weighted by molar-refractivity contribution is 5.71. The second kappa shape index (κ2) is 35.2. The molecule has 2 atom stereocenters. The van der Waals surface area contributed by atoms with Crippen LogP contribution in [0.1, 0.15) is 287 Å². The smallest absolute Gasteiger partial charge is 0.306 e. The number of hydrogen-bond donors (Lipinski definition) is 0. The zero-order valence-electron chi connectivity index (χ0n) is 47.9. The first-order valence-corrected chi connectivity index (χ1v) is 30.6. The molecule has 0 radical (unpaired) electrons. The molecule has 4 bridgehead atoms. The Hall–Kier alpha value is -2.16. The first kappa shape index (κ1) is 63.1. The van der Waals surface area contributed by atoms with Crippen LogP contribution in [-0.2, 0) is 38.1 Å². The van der Waals surface area contributed by atoms with Gasteiger partial charge in [0, 0.05) is 47.3 Å². The van der Waals surface area contributed by atoms with Gasteiger partial charge >= 0.3 is 23.9 Å². The highest BCUT2D eigenvalue weighted by Gasteiger charge is 2.69. The van der Waals surface area contributed by atoms with Gasteiger partial charge in [0.2, 0.25) is 0 Å². The third-order valence-electron chi connectivity index (χ3n) is 17.4. The normalized spacial score (nSPS) is 22.5. The molecule has 4 fully saturated rings. The maximum atomic E-state index is 14.0. The zero-order valence-corrected chi connectivity index (χ0v) is 47.9. The molecule has 0 spiro atoms. The third kappa shape index (κ3) is 23.9. The van der Waals surface area contributed by atoms with E-state index in [1.807, 2.05) is 0 Å². The van der Waals surface area contributed by atoms with Crippen molar-refractivity contribution in [2.75, 3.05) is 46.1 Å². The molecular weight excluding hydrogens is 887 g/mol. The van der Waals surface area contributed by atoms with Gasteiger partial charge in [0.05, 0.1) is 26.4 Å².